The predicted octanol–water partition coefficient (Wildman–Crippen LogP) is 2.56. The summed E-state index contributed by atoms with van der Waals surface area (Å²) < 4.78 is 0. The molecule has 0 radical (unpaired) electrons. The van der Waals surface area contributed by atoms with Crippen LogP contribution in [0.5, 0.6) is 0 Å². The first kappa shape index (κ1) is 15.4. The Labute approximate surface area is 127 Å². The second-order valence-corrected chi connectivity index (χ2v) is 5.65. The number of nitrogens with zero attached hydrogens (tertiary/aromatic N) is 4. The first-order valence-corrected chi connectivity index (χ1v) is 7.53. The van der Waals surface area contributed by atoms with Crippen LogP contribution in [0.1, 0.15) is 18.4 Å². The molecule has 21 heavy (non-hydrogen) atoms. The van der Waals surface area contributed by atoms with Crippen molar-refractivity contribution >= 4 is 5.69 Å². The molecule has 2 rings (SSSR count). The fraction of sp³-hybridized carbons (Fsp3) is 0.529. The van der Waals surface area contributed by atoms with Crippen LogP contribution >= 0.6 is 0 Å². The Morgan fingerprint density at radius 1 is 1.19 bits per heavy atom. The highest BCUT2D eigenvalue weighted by Gasteiger charge is 2.20. The molecule has 0 aliphatic carbocycles. The number of rotatable bonds is 5. The third-order valence-corrected chi connectivity index (χ3v) is 4.00. The summed E-state index contributed by atoms with van der Waals surface area (Å²) >= 11 is 0. The number of hydrogen-bond acceptors (Lipinski definition) is 4. The zero-order valence-electron chi connectivity index (χ0n) is 12.6. The van der Waals surface area contributed by atoms with Crippen molar-refractivity contribution in [2.24, 2.45) is 5.92 Å². The number of nitriles is 2. The van der Waals surface area contributed by atoms with Gasteiger partial charge in [-0.2, -0.15) is 10.5 Å². The van der Waals surface area contributed by atoms with Crippen molar-refractivity contribution in [1.29, 1.82) is 10.5 Å². The summed E-state index contributed by atoms with van der Waals surface area (Å²) in [6, 6.07) is 13.1. The molecular weight excluding hydrogens is 260 g/mol. The monoisotopic (exact) mass is 282 g/mol. The van der Waals surface area contributed by atoms with E-state index in [4.69, 9.17) is 10.5 Å². The lowest BCUT2D eigenvalue weighted by atomic mass is 10.0. The van der Waals surface area contributed by atoms with Crippen LogP contribution in [0.25, 0.3) is 0 Å². The first-order chi connectivity index (χ1) is 10.2. The molecule has 0 spiro atoms. The quantitative estimate of drug-likeness (QED) is 0.833. The van der Waals surface area contributed by atoms with E-state index in [0.29, 0.717) is 12.8 Å². The zero-order chi connectivity index (χ0) is 15.1. The van der Waals surface area contributed by atoms with Gasteiger partial charge in [-0.15, -0.1) is 0 Å². The lowest BCUT2D eigenvalue weighted by Gasteiger charge is -2.36. The Kier molecular flexibility index (Phi) is 5.60. The highest BCUT2D eigenvalue weighted by Crippen LogP contribution is 2.18. The van der Waals surface area contributed by atoms with Crippen molar-refractivity contribution in [3.05, 3.63) is 29.8 Å². The van der Waals surface area contributed by atoms with Crippen molar-refractivity contribution in [3.8, 4) is 12.1 Å². The van der Waals surface area contributed by atoms with E-state index in [0.717, 1.165) is 32.7 Å². The van der Waals surface area contributed by atoms with Gasteiger partial charge in [-0.25, -0.2) is 0 Å². The predicted molar refractivity (Wildman–Crippen MR) is 83.8 cm³/mol. The number of hydrogen-bond donors (Lipinski definition) is 0. The molecule has 1 saturated heterocycles. The van der Waals surface area contributed by atoms with Crippen molar-refractivity contribution in [3.63, 3.8) is 0 Å². The summed E-state index contributed by atoms with van der Waals surface area (Å²) in [5.41, 5.74) is 2.58. The summed E-state index contributed by atoms with van der Waals surface area (Å²) in [6.07, 6.45) is 1.16. The lowest BCUT2D eigenvalue weighted by molar-refractivity contribution is 0.233. The summed E-state index contributed by atoms with van der Waals surface area (Å²) in [5, 5.41) is 17.8. The Bertz CT molecular complexity index is 532. The van der Waals surface area contributed by atoms with Gasteiger partial charge < -0.3 is 4.90 Å². The standard InChI is InChI=1S/C17H22N4/c1-15-4-2-6-17(12-15)21-10-8-20(9-11-21)14-16(13-19)5-3-7-18/h2,4,6,12,16H,3,5,8-11,14H2,1H3/t16-/m0/s1. The van der Waals surface area contributed by atoms with Crippen LogP contribution in [0, 0.1) is 35.5 Å². The molecule has 1 atom stereocenters. The smallest absolute Gasteiger partial charge is 0.0669 e. The van der Waals surface area contributed by atoms with Crippen LogP contribution in [-0.4, -0.2) is 37.6 Å². The molecule has 1 heterocycles. The zero-order valence-corrected chi connectivity index (χ0v) is 12.6. The van der Waals surface area contributed by atoms with Crippen molar-refractivity contribution in [2.75, 3.05) is 37.6 Å². The van der Waals surface area contributed by atoms with E-state index in [-0.39, 0.29) is 5.92 Å². The van der Waals surface area contributed by atoms with E-state index < -0.39 is 0 Å². The molecule has 1 aliphatic heterocycles. The number of benzene rings is 1. The lowest BCUT2D eigenvalue weighted by Crippen LogP contribution is -2.47. The van der Waals surface area contributed by atoms with Crippen LogP contribution in [0.2, 0.25) is 0 Å². The normalized spacial score (nSPS) is 17.0. The topological polar surface area (TPSA) is 54.1 Å². The molecule has 110 valence electrons. The fourth-order valence-corrected chi connectivity index (χ4v) is 2.76. The van der Waals surface area contributed by atoms with Crippen LogP contribution in [-0.2, 0) is 0 Å². The maximum atomic E-state index is 9.15. The van der Waals surface area contributed by atoms with Crippen LogP contribution in [0.3, 0.4) is 0 Å². The minimum atomic E-state index is -0.0184. The molecule has 1 aromatic rings. The summed E-state index contributed by atoms with van der Waals surface area (Å²) in [5.74, 6) is -0.0184. The average Bonchev–Trinajstić information content (AvgIpc) is 2.52. The summed E-state index contributed by atoms with van der Waals surface area (Å²) in [4.78, 5) is 4.75. The molecule has 0 N–H and O–H groups in total. The fourth-order valence-electron chi connectivity index (χ4n) is 2.76. The van der Waals surface area contributed by atoms with E-state index in [9.17, 15) is 0 Å². The maximum Gasteiger partial charge on any atom is 0.0669 e. The molecule has 0 bridgehead atoms. The van der Waals surface area contributed by atoms with E-state index in [1.807, 2.05) is 0 Å². The number of aryl methyl sites for hydroxylation is 1. The summed E-state index contributed by atoms with van der Waals surface area (Å²) in [6.45, 7) is 6.88. The maximum absolute atomic E-state index is 9.15. The largest absolute Gasteiger partial charge is 0.369 e. The van der Waals surface area contributed by atoms with Crippen molar-refractivity contribution < 1.29 is 0 Å². The Hall–Kier alpha value is -2.04. The molecule has 4 heteroatoms. The van der Waals surface area contributed by atoms with Gasteiger partial charge in [0, 0.05) is 44.8 Å². The minimum Gasteiger partial charge on any atom is -0.369 e. The third-order valence-electron chi connectivity index (χ3n) is 4.00. The highest BCUT2D eigenvalue weighted by atomic mass is 15.3. The summed E-state index contributed by atoms with van der Waals surface area (Å²) in [7, 11) is 0. The van der Waals surface area contributed by atoms with E-state index in [1.165, 1.54) is 11.3 Å². The SMILES string of the molecule is Cc1cccc(N2CCN(C[C@H](C#N)CCC#N)CC2)c1. The van der Waals surface area contributed by atoms with Gasteiger partial charge in [-0.05, 0) is 31.0 Å². The average molecular weight is 282 g/mol. The molecule has 1 fully saturated rings. The molecule has 0 unspecified atom stereocenters. The van der Waals surface area contributed by atoms with Crippen LogP contribution < -0.4 is 4.90 Å². The van der Waals surface area contributed by atoms with Crippen LogP contribution in [0.15, 0.2) is 24.3 Å². The van der Waals surface area contributed by atoms with Crippen molar-refractivity contribution in [1.82, 2.24) is 4.90 Å². The van der Waals surface area contributed by atoms with E-state index in [2.05, 4.69) is 53.1 Å². The molecular formula is C17H22N4. The Morgan fingerprint density at radius 2 is 1.95 bits per heavy atom. The van der Waals surface area contributed by atoms with Gasteiger partial charge in [0.05, 0.1) is 18.1 Å². The minimum absolute atomic E-state index is 0.0184. The van der Waals surface area contributed by atoms with E-state index >= 15 is 0 Å². The molecule has 0 amide bonds. The van der Waals surface area contributed by atoms with Gasteiger partial charge >= 0.3 is 0 Å². The van der Waals surface area contributed by atoms with Gasteiger partial charge in [0.15, 0.2) is 0 Å². The van der Waals surface area contributed by atoms with E-state index in [1.54, 1.807) is 0 Å². The second kappa shape index (κ2) is 7.67. The molecule has 1 aliphatic rings. The Morgan fingerprint density at radius 3 is 2.57 bits per heavy atom. The second-order valence-electron chi connectivity index (χ2n) is 5.65. The molecule has 0 aromatic heterocycles. The Balaban J connectivity index is 1.83. The third kappa shape index (κ3) is 4.48. The number of anilines is 1. The number of piperazine rings is 1. The first-order valence-electron chi connectivity index (χ1n) is 7.53. The van der Waals surface area contributed by atoms with Gasteiger partial charge in [0.1, 0.15) is 0 Å². The van der Waals surface area contributed by atoms with Crippen LogP contribution in [0.4, 0.5) is 5.69 Å². The van der Waals surface area contributed by atoms with Gasteiger partial charge in [0.2, 0.25) is 0 Å². The van der Waals surface area contributed by atoms with Gasteiger partial charge in [0.25, 0.3) is 0 Å². The van der Waals surface area contributed by atoms with Gasteiger partial charge in [-0.1, -0.05) is 12.1 Å². The molecule has 0 saturated carbocycles. The molecule has 1 aromatic carbocycles. The molecule has 4 nitrogen and oxygen atoms in total. The van der Waals surface area contributed by atoms with Crippen molar-refractivity contribution in [2.45, 2.75) is 19.8 Å². The highest BCUT2D eigenvalue weighted by molar-refractivity contribution is 5.48. The van der Waals surface area contributed by atoms with Gasteiger partial charge in [-0.3, -0.25) is 4.90 Å².